The van der Waals surface area contributed by atoms with Crippen LogP contribution < -0.4 is 5.73 Å². The van der Waals surface area contributed by atoms with Crippen molar-refractivity contribution >= 4 is 50.8 Å². The minimum absolute atomic E-state index is 0.0509. The van der Waals surface area contributed by atoms with Crippen LogP contribution in [0.15, 0.2) is 17.2 Å². The first kappa shape index (κ1) is 22.5. The highest BCUT2D eigenvalue weighted by atomic mass is 35.5. The molecule has 0 bridgehead atoms. The van der Waals surface area contributed by atoms with Gasteiger partial charge >= 0.3 is 11.9 Å². The topological polar surface area (TPSA) is 164 Å². The third kappa shape index (κ3) is 6.92. The Morgan fingerprint density at radius 3 is 1.78 bits per heavy atom. The minimum atomic E-state index is -3.53. The van der Waals surface area contributed by atoms with E-state index < -0.39 is 21.8 Å². The second-order valence-corrected chi connectivity index (χ2v) is 7.20. The molecule has 146 valence electrons. The van der Waals surface area contributed by atoms with Crippen LogP contribution in [0.5, 0.6) is 0 Å². The van der Waals surface area contributed by atoms with Gasteiger partial charge in [0, 0.05) is 18.4 Å². The summed E-state index contributed by atoms with van der Waals surface area (Å²) in [5.41, 5.74) is 5.16. The number of esters is 2. The van der Waals surface area contributed by atoms with Gasteiger partial charge in [-0.2, -0.15) is 0 Å². The Hall–Kier alpha value is -2.57. The summed E-state index contributed by atoms with van der Waals surface area (Å²) in [5.74, 6) is -1.23. The maximum Gasteiger partial charge on any atom is 0.356 e. The Bertz CT molecular complexity index is 949. The largest absolute Gasteiger partial charge is 0.464 e. The first-order valence-electron chi connectivity index (χ1n) is 6.69. The van der Waals surface area contributed by atoms with Crippen LogP contribution in [0.4, 0.5) is 5.82 Å². The summed E-state index contributed by atoms with van der Waals surface area (Å²) in [6, 6.07) is 2.30. The molecule has 0 saturated carbocycles. The van der Waals surface area contributed by atoms with Crippen molar-refractivity contribution in [3.63, 3.8) is 0 Å². The van der Waals surface area contributed by atoms with Crippen LogP contribution in [-0.2, 0) is 19.3 Å². The van der Waals surface area contributed by atoms with Gasteiger partial charge in [-0.25, -0.2) is 37.9 Å². The first-order chi connectivity index (χ1) is 12.5. The molecule has 14 heteroatoms. The van der Waals surface area contributed by atoms with E-state index in [0.717, 1.165) is 19.4 Å². The molecule has 0 aliphatic carbocycles. The molecule has 2 aromatic heterocycles. The van der Waals surface area contributed by atoms with E-state index in [0.29, 0.717) is 0 Å². The van der Waals surface area contributed by atoms with Crippen LogP contribution in [0.25, 0.3) is 0 Å². The van der Waals surface area contributed by atoms with Gasteiger partial charge in [0.05, 0.1) is 14.2 Å². The highest BCUT2D eigenvalue weighted by Gasteiger charge is 2.16. The zero-order valence-corrected chi connectivity index (χ0v) is 16.5. The lowest BCUT2D eigenvalue weighted by Gasteiger charge is -2.01. The van der Waals surface area contributed by atoms with E-state index in [1.54, 1.807) is 0 Å². The third-order valence-corrected chi connectivity index (χ3v) is 3.87. The van der Waals surface area contributed by atoms with Gasteiger partial charge in [-0.3, -0.25) is 0 Å². The van der Waals surface area contributed by atoms with Crippen molar-refractivity contribution in [2.45, 2.75) is 5.03 Å². The van der Waals surface area contributed by atoms with Crippen molar-refractivity contribution < 1.29 is 27.5 Å². The van der Waals surface area contributed by atoms with Crippen LogP contribution in [0.2, 0.25) is 10.6 Å². The normalized spacial score (nSPS) is 10.4. The highest BCUT2D eigenvalue weighted by Crippen LogP contribution is 2.11. The van der Waals surface area contributed by atoms with Crippen molar-refractivity contribution in [1.29, 1.82) is 0 Å². The lowest BCUT2D eigenvalue weighted by molar-refractivity contribution is 0.0585. The number of aromatic nitrogens is 4. The van der Waals surface area contributed by atoms with E-state index >= 15 is 0 Å². The number of nitrogens with zero attached hydrogens (tertiary/aromatic N) is 4. The molecule has 2 N–H and O–H groups in total. The molecule has 0 fully saturated rings. The summed E-state index contributed by atoms with van der Waals surface area (Å²) in [5, 5.41) is -0.711. The van der Waals surface area contributed by atoms with E-state index in [-0.39, 0.29) is 32.8 Å². The van der Waals surface area contributed by atoms with Gasteiger partial charge in [0.1, 0.15) is 5.82 Å². The molecule has 0 spiro atoms. The number of hydrogen-bond donors (Lipinski definition) is 1. The van der Waals surface area contributed by atoms with Crippen molar-refractivity contribution in [2.24, 2.45) is 0 Å². The summed E-state index contributed by atoms with van der Waals surface area (Å²) in [4.78, 5) is 36.2. The van der Waals surface area contributed by atoms with Crippen molar-refractivity contribution in [3.05, 3.63) is 34.1 Å². The monoisotopic (exact) mass is 437 g/mol. The van der Waals surface area contributed by atoms with Crippen LogP contribution >= 0.6 is 23.2 Å². The Labute approximate surface area is 163 Å². The van der Waals surface area contributed by atoms with Crippen LogP contribution in [0.3, 0.4) is 0 Å². The number of carbonyl (C=O) groups excluding carboxylic acids is 2. The standard InChI is InChI=1S/C7H7ClN2O4S.C6H6ClN3O2/c1-14-6(11)4-3-5(15(2,12)13)10-7(8)9-4;1-12-5(11)3-2-4(8)10-6(7)9-3/h3H,1-2H3;2H,1H3,(H2,8,9,10). The van der Waals surface area contributed by atoms with Gasteiger partial charge in [-0.05, 0) is 23.2 Å². The summed E-state index contributed by atoms with van der Waals surface area (Å²) in [7, 11) is -1.14. The van der Waals surface area contributed by atoms with Crippen molar-refractivity contribution in [2.75, 3.05) is 26.2 Å². The Morgan fingerprint density at radius 2 is 1.37 bits per heavy atom. The lowest BCUT2D eigenvalue weighted by Crippen LogP contribution is -2.09. The van der Waals surface area contributed by atoms with Gasteiger partial charge in [-0.15, -0.1) is 0 Å². The fraction of sp³-hybridized carbons (Fsp3) is 0.231. The van der Waals surface area contributed by atoms with Gasteiger partial charge in [0.15, 0.2) is 26.3 Å². The van der Waals surface area contributed by atoms with Gasteiger partial charge in [0.2, 0.25) is 10.6 Å². The average molecular weight is 438 g/mol. The molecule has 2 rings (SSSR count). The molecule has 0 unspecified atom stereocenters. The molecule has 2 heterocycles. The quantitative estimate of drug-likeness (QED) is 0.410. The molecule has 0 amide bonds. The Balaban J connectivity index is 0.000000277. The van der Waals surface area contributed by atoms with Gasteiger partial charge in [-0.1, -0.05) is 0 Å². The summed E-state index contributed by atoms with van der Waals surface area (Å²) >= 11 is 10.9. The SMILES string of the molecule is COC(=O)c1cc(N)nc(Cl)n1.COC(=O)c1cc(S(C)(=O)=O)nc(Cl)n1. The molecule has 27 heavy (non-hydrogen) atoms. The van der Waals surface area contributed by atoms with Gasteiger partial charge < -0.3 is 15.2 Å². The number of carbonyl (C=O) groups is 2. The number of methoxy groups -OCH3 is 2. The first-order valence-corrected chi connectivity index (χ1v) is 9.34. The third-order valence-electron chi connectivity index (χ3n) is 2.56. The minimum Gasteiger partial charge on any atom is -0.464 e. The number of ether oxygens (including phenoxy) is 2. The number of rotatable bonds is 3. The molecular formula is C13H13Cl2N5O6S. The van der Waals surface area contributed by atoms with E-state index in [1.165, 1.54) is 13.2 Å². The second kappa shape index (κ2) is 9.39. The van der Waals surface area contributed by atoms with Gasteiger partial charge in [0.25, 0.3) is 0 Å². The van der Waals surface area contributed by atoms with Crippen LogP contribution in [0.1, 0.15) is 21.0 Å². The number of hydrogen-bond acceptors (Lipinski definition) is 11. The zero-order valence-electron chi connectivity index (χ0n) is 14.1. The van der Waals surface area contributed by atoms with E-state index in [4.69, 9.17) is 28.9 Å². The lowest BCUT2D eigenvalue weighted by atomic mass is 10.4. The number of anilines is 1. The Morgan fingerprint density at radius 1 is 0.926 bits per heavy atom. The molecule has 0 aliphatic heterocycles. The fourth-order valence-corrected chi connectivity index (χ4v) is 2.44. The zero-order chi connectivity index (χ0) is 20.8. The van der Waals surface area contributed by atoms with E-state index in [2.05, 4.69) is 29.4 Å². The van der Waals surface area contributed by atoms with E-state index in [9.17, 15) is 18.0 Å². The maximum absolute atomic E-state index is 11.1. The van der Waals surface area contributed by atoms with Crippen LogP contribution in [-0.4, -0.2) is 60.8 Å². The molecule has 0 saturated heterocycles. The van der Waals surface area contributed by atoms with Crippen molar-refractivity contribution in [1.82, 2.24) is 19.9 Å². The summed E-state index contributed by atoms with van der Waals surface area (Å²) in [6.07, 6.45) is 0.951. The molecule has 0 atom stereocenters. The molecular weight excluding hydrogens is 425 g/mol. The molecule has 0 aromatic carbocycles. The number of nitrogen functional groups attached to an aromatic ring is 1. The molecule has 2 aromatic rings. The van der Waals surface area contributed by atoms with Crippen molar-refractivity contribution in [3.8, 4) is 0 Å². The summed E-state index contributed by atoms with van der Waals surface area (Å²) in [6.45, 7) is 0. The second-order valence-electron chi connectivity index (χ2n) is 4.56. The molecule has 0 aliphatic rings. The fourth-order valence-electron chi connectivity index (χ4n) is 1.44. The number of halogens is 2. The Kier molecular flexibility index (Phi) is 7.82. The van der Waals surface area contributed by atoms with E-state index in [1.807, 2.05) is 0 Å². The van der Waals surface area contributed by atoms with Crippen LogP contribution in [0, 0.1) is 0 Å². The number of sulfone groups is 1. The smallest absolute Gasteiger partial charge is 0.356 e. The average Bonchev–Trinajstić information content (AvgIpc) is 2.58. The molecule has 11 nitrogen and oxygen atoms in total. The predicted molar refractivity (Wildman–Crippen MR) is 94.3 cm³/mol. The highest BCUT2D eigenvalue weighted by molar-refractivity contribution is 7.90. The predicted octanol–water partition coefficient (Wildman–Crippen LogP) is 0.819. The summed E-state index contributed by atoms with van der Waals surface area (Å²) < 4.78 is 31.1. The number of nitrogens with two attached hydrogens (primary N) is 1. The maximum atomic E-state index is 11.1. The molecule has 0 radical (unpaired) electrons.